The van der Waals surface area contributed by atoms with Gasteiger partial charge in [-0.25, -0.2) is 0 Å². The minimum atomic E-state index is -3.68. The summed E-state index contributed by atoms with van der Waals surface area (Å²) in [4.78, 5) is 25.1. The molecule has 0 aromatic heterocycles. The van der Waals surface area contributed by atoms with Crippen LogP contribution in [0.4, 0.5) is 0 Å². The first kappa shape index (κ1) is 30.7. The van der Waals surface area contributed by atoms with Crippen LogP contribution in [0.1, 0.15) is 143 Å². The number of carbonyl (C=O) groups excluding carboxylic acids is 2. The van der Waals surface area contributed by atoms with Crippen LogP contribution in [-0.2, 0) is 15.7 Å². The van der Waals surface area contributed by atoms with Gasteiger partial charge in [-0.15, -0.1) is 0 Å². The zero-order valence-electron chi connectivity index (χ0n) is 21.3. The van der Waals surface area contributed by atoms with Gasteiger partial charge < -0.3 is 0 Å². The molecule has 0 aliphatic heterocycles. The van der Waals surface area contributed by atoms with Crippen LogP contribution in [0.3, 0.4) is 0 Å². The summed E-state index contributed by atoms with van der Waals surface area (Å²) in [6.07, 6.45) is 19.3. The van der Waals surface area contributed by atoms with E-state index in [4.69, 9.17) is 6.15 Å². The van der Waals surface area contributed by atoms with Crippen molar-refractivity contribution in [1.29, 1.82) is 0 Å². The Morgan fingerprint density at radius 1 is 0.484 bits per heavy atom. The molecule has 5 heteroatoms. The average Bonchev–Trinajstić information content (AvgIpc) is 2.72. The van der Waals surface area contributed by atoms with E-state index in [1.54, 1.807) is 0 Å². The predicted octanol–water partition coefficient (Wildman–Crippen LogP) is 8.62. The molecule has 0 aromatic carbocycles. The molecule has 0 unspecified atom stereocenters. The van der Waals surface area contributed by atoms with E-state index >= 15 is 0 Å². The van der Waals surface area contributed by atoms with Crippen LogP contribution in [0.15, 0.2) is 0 Å². The summed E-state index contributed by atoms with van der Waals surface area (Å²) in [6.45, 7) is 8.63. The SMILES string of the molecule is CCCCCCCCCC(=O)[O][Sn]([CH2]CC)([CH2]CC)[O]C(=O)CCCCCCCCC. The van der Waals surface area contributed by atoms with Crippen LogP contribution >= 0.6 is 0 Å². The maximum absolute atomic E-state index is 12.5. The van der Waals surface area contributed by atoms with Crippen molar-refractivity contribution >= 4 is 31.1 Å². The first-order chi connectivity index (χ1) is 15.0. The summed E-state index contributed by atoms with van der Waals surface area (Å²) >= 11 is -3.68. The van der Waals surface area contributed by atoms with Gasteiger partial charge in [-0.2, -0.15) is 0 Å². The van der Waals surface area contributed by atoms with Gasteiger partial charge in [0.2, 0.25) is 0 Å². The number of unbranched alkanes of at least 4 members (excludes halogenated alkanes) is 12. The van der Waals surface area contributed by atoms with Crippen molar-refractivity contribution in [3.63, 3.8) is 0 Å². The van der Waals surface area contributed by atoms with Crippen molar-refractivity contribution < 1.29 is 15.7 Å². The molecule has 0 amide bonds. The average molecular weight is 547 g/mol. The zero-order valence-corrected chi connectivity index (χ0v) is 24.1. The monoisotopic (exact) mass is 548 g/mol. The van der Waals surface area contributed by atoms with E-state index in [-0.39, 0.29) is 11.9 Å². The molecule has 0 spiro atoms. The summed E-state index contributed by atoms with van der Waals surface area (Å²) in [7, 11) is 0. The zero-order chi connectivity index (χ0) is 23.2. The molecule has 0 aliphatic carbocycles. The van der Waals surface area contributed by atoms with E-state index in [0.717, 1.165) is 47.4 Å². The molecular formula is C26H52O4Sn. The van der Waals surface area contributed by atoms with E-state index in [0.29, 0.717) is 12.8 Å². The molecular weight excluding hydrogens is 495 g/mol. The van der Waals surface area contributed by atoms with Crippen LogP contribution < -0.4 is 0 Å². The minimum absolute atomic E-state index is 0.130. The molecule has 0 atom stereocenters. The molecule has 4 nitrogen and oxygen atoms in total. The van der Waals surface area contributed by atoms with Gasteiger partial charge in [-0.3, -0.25) is 0 Å². The third kappa shape index (κ3) is 17.9. The summed E-state index contributed by atoms with van der Waals surface area (Å²) < 4.78 is 13.6. The fourth-order valence-corrected chi connectivity index (χ4v) is 13.4. The Bertz CT molecular complexity index is 399. The van der Waals surface area contributed by atoms with Crippen LogP contribution in [-0.4, -0.2) is 31.1 Å². The molecule has 0 rings (SSSR count). The van der Waals surface area contributed by atoms with Gasteiger partial charge in [-0.1, -0.05) is 0 Å². The fraction of sp³-hybridized carbons (Fsp3) is 0.923. The van der Waals surface area contributed by atoms with Crippen molar-refractivity contribution in [3.8, 4) is 0 Å². The Labute approximate surface area is 198 Å². The molecule has 31 heavy (non-hydrogen) atoms. The number of hydrogen-bond donors (Lipinski definition) is 0. The third-order valence-electron chi connectivity index (χ3n) is 5.83. The fourth-order valence-electron chi connectivity index (χ4n) is 4.08. The van der Waals surface area contributed by atoms with Gasteiger partial charge in [0, 0.05) is 0 Å². The van der Waals surface area contributed by atoms with Gasteiger partial charge >= 0.3 is 199 Å². The Kier molecular flexibility index (Phi) is 21.4. The Morgan fingerprint density at radius 2 is 0.806 bits per heavy atom. The predicted molar refractivity (Wildman–Crippen MR) is 133 cm³/mol. The number of rotatable bonds is 22. The Balaban J connectivity index is 4.39. The molecule has 0 heterocycles. The van der Waals surface area contributed by atoms with E-state index in [1.165, 1.54) is 64.2 Å². The van der Waals surface area contributed by atoms with Crippen LogP contribution in [0, 0.1) is 0 Å². The second-order valence-corrected chi connectivity index (χ2v) is 18.3. The van der Waals surface area contributed by atoms with Gasteiger partial charge in [0.05, 0.1) is 0 Å². The van der Waals surface area contributed by atoms with Crippen LogP contribution in [0.2, 0.25) is 8.87 Å². The quantitative estimate of drug-likeness (QED) is 0.101. The Hall–Kier alpha value is -0.261. The molecule has 0 radical (unpaired) electrons. The van der Waals surface area contributed by atoms with Crippen LogP contribution in [0.5, 0.6) is 0 Å². The van der Waals surface area contributed by atoms with Crippen molar-refractivity contribution in [2.24, 2.45) is 0 Å². The van der Waals surface area contributed by atoms with Gasteiger partial charge in [-0.05, 0) is 0 Å². The normalized spacial score (nSPS) is 11.5. The van der Waals surface area contributed by atoms with E-state index in [2.05, 4.69) is 27.7 Å². The van der Waals surface area contributed by atoms with Crippen molar-refractivity contribution in [1.82, 2.24) is 0 Å². The van der Waals surface area contributed by atoms with Crippen molar-refractivity contribution in [2.75, 3.05) is 0 Å². The van der Waals surface area contributed by atoms with E-state index in [1.807, 2.05) is 0 Å². The molecule has 0 N–H and O–H groups in total. The van der Waals surface area contributed by atoms with Crippen molar-refractivity contribution in [2.45, 2.75) is 152 Å². The maximum atomic E-state index is 12.5. The summed E-state index contributed by atoms with van der Waals surface area (Å²) in [5, 5.41) is 0. The standard InChI is InChI=1S/2C10H20O2.2C3H7.Sn/c2*1-2-3-4-5-6-7-8-9-10(11)12;2*1-3-2;/h2*2-9H2,1H3,(H,11,12);2*1,3H2,2H3;/q;;;;+2/p-2. The molecule has 0 bridgehead atoms. The molecule has 0 aliphatic rings. The summed E-state index contributed by atoms with van der Waals surface area (Å²) in [6, 6.07) is 0. The molecule has 0 fully saturated rings. The van der Waals surface area contributed by atoms with E-state index in [9.17, 15) is 9.59 Å². The Morgan fingerprint density at radius 3 is 1.13 bits per heavy atom. The first-order valence-electron chi connectivity index (χ1n) is 13.5. The summed E-state index contributed by atoms with van der Waals surface area (Å²) in [5.74, 6) is -0.259. The second kappa shape index (κ2) is 21.6. The summed E-state index contributed by atoms with van der Waals surface area (Å²) in [5.41, 5.74) is 0. The van der Waals surface area contributed by atoms with Crippen LogP contribution in [0.25, 0.3) is 0 Å². The molecule has 0 saturated carbocycles. The van der Waals surface area contributed by atoms with Gasteiger partial charge in [0.25, 0.3) is 0 Å². The molecule has 0 saturated heterocycles. The first-order valence-corrected chi connectivity index (χ1v) is 19.8. The number of carbonyl (C=O) groups is 2. The number of hydrogen-bond acceptors (Lipinski definition) is 4. The molecule has 184 valence electrons. The topological polar surface area (TPSA) is 52.6 Å². The molecule has 0 aromatic rings. The van der Waals surface area contributed by atoms with Crippen molar-refractivity contribution in [3.05, 3.63) is 0 Å². The third-order valence-corrected chi connectivity index (χ3v) is 16.5. The van der Waals surface area contributed by atoms with Gasteiger partial charge in [0.15, 0.2) is 0 Å². The van der Waals surface area contributed by atoms with E-state index < -0.39 is 19.2 Å². The second-order valence-electron chi connectivity index (χ2n) is 9.10. The van der Waals surface area contributed by atoms with Gasteiger partial charge in [0.1, 0.15) is 0 Å².